The van der Waals surface area contributed by atoms with Crippen molar-refractivity contribution in [3.8, 4) is 0 Å². The van der Waals surface area contributed by atoms with E-state index in [4.69, 9.17) is 5.11 Å². The number of carboxylic acid groups (broad SMARTS) is 1. The van der Waals surface area contributed by atoms with Crippen LogP contribution in [0.2, 0.25) is 0 Å². The summed E-state index contributed by atoms with van der Waals surface area (Å²) in [6, 6.07) is 4.40. The Bertz CT molecular complexity index is 557. The number of benzene rings is 1. The molecule has 1 aromatic carbocycles. The first-order valence-electron chi connectivity index (χ1n) is 4.96. The van der Waals surface area contributed by atoms with Crippen LogP contribution in [-0.4, -0.2) is 11.1 Å². The second-order valence-corrected chi connectivity index (χ2v) is 5.00. The molecule has 0 aliphatic rings. The molecule has 0 atom stereocenters. The SMILES string of the molecule is CC(C)c1c(C(=O)O)sc2ccc(F)cc12. The van der Waals surface area contributed by atoms with E-state index in [1.165, 1.54) is 23.5 Å². The summed E-state index contributed by atoms with van der Waals surface area (Å²) < 4.78 is 14.0. The molecule has 4 heteroatoms. The average Bonchev–Trinajstić information content (AvgIpc) is 2.55. The molecule has 0 amide bonds. The van der Waals surface area contributed by atoms with Crippen LogP contribution in [0.4, 0.5) is 4.39 Å². The summed E-state index contributed by atoms with van der Waals surface area (Å²) in [5.41, 5.74) is 0.729. The topological polar surface area (TPSA) is 37.3 Å². The molecule has 0 saturated heterocycles. The van der Waals surface area contributed by atoms with Gasteiger partial charge in [0.2, 0.25) is 0 Å². The first-order chi connectivity index (χ1) is 7.50. The van der Waals surface area contributed by atoms with Crippen LogP contribution in [-0.2, 0) is 0 Å². The third-order valence-electron chi connectivity index (χ3n) is 2.46. The quantitative estimate of drug-likeness (QED) is 0.862. The van der Waals surface area contributed by atoms with Gasteiger partial charge in [-0.25, -0.2) is 9.18 Å². The molecule has 0 unspecified atom stereocenters. The molecular weight excluding hydrogens is 227 g/mol. The lowest BCUT2D eigenvalue weighted by atomic mass is 9.99. The minimum Gasteiger partial charge on any atom is -0.477 e. The Kier molecular flexibility index (Phi) is 2.68. The number of aromatic carboxylic acids is 1. The molecule has 0 fully saturated rings. The van der Waals surface area contributed by atoms with Crippen molar-refractivity contribution >= 4 is 27.4 Å². The molecule has 1 heterocycles. The second kappa shape index (κ2) is 3.87. The van der Waals surface area contributed by atoms with E-state index in [0.29, 0.717) is 4.88 Å². The van der Waals surface area contributed by atoms with Crippen molar-refractivity contribution in [1.82, 2.24) is 0 Å². The summed E-state index contributed by atoms with van der Waals surface area (Å²) in [4.78, 5) is 11.4. The summed E-state index contributed by atoms with van der Waals surface area (Å²) in [5, 5.41) is 9.82. The fourth-order valence-electron chi connectivity index (χ4n) is 1.82. The molecule has 2 nitrogen and oxygen atoms in total. The number of fused-ring (bicyclic) bond motifs is 1. The zero-order valence-corrected chi connectivity index (χ0v) is 9.77. The van der Waals surface area contributed by atoms with E-state index in [1.54, 1.807) is 6.07 Å². The second-order valence-electron chi connectivity index (χ2n) is 3.95. The lowest BCUT2D eigenvalue weighted by molar-refractivity contribution is 0.0701. The van der Waals surface area contributed by atoms with E-state index < -0.39 is 5.97 Å². The highest BCUT2D eigenvalue weighted by molar-refractivity contribution is 7.21. The Labute approximate surface area is 96.3 Å². The van der Waals surface area contributed by atoms with Gasteiger partial charge < -0.3 is 5.11 Å². The predicted molar refractivity (Wildman–Crippen MR) is 62.8 cm³/mol. The van der Waals surface area contributed by atoms with Gasteiger partial charge in [-0.1, -0.05) is 13.8 Å². The Balaban J connectivity index is 2.82. The van der Waals surface area contributed by atoms with Gasteiger partial charge in [-0.2, -0.15) is 0 Å². The summed E-state index contributed by atoms with van der Waals surface area (Å²) in [5.74, 6) is -1.20. The molecule has 0 bridgehead atoms. The largest absolute Gasteiger partial charge is 0.477 e. The van der Waals surface area contributed by atoms with Gasteiger partial charge in [0.25, 0.3) is 0 Å². The van der Waals surface area contributed by atoms with E-state index in [9.17, 15) is 9.18 Å². The van der Waals surface area contributed by atoms with Crippen molar-refractivity contribution in [3.63, 3.8) is 0 Å². The highest BCUT2D eigenvalue weighted by Gasteiger charge is 2.20. The molecule has 2 rings (SSSR count). The molecule has 0 spiro atoms. The highest BCUT2D eigenvalue weighted by Crippen LogP contribution is 2.36. The number of carbonyl (C=O) groups is 1. The van der Waals surface area contributed by atoms with Crippen LogP contribution in [0, 0.1) is 5.82 Å². The van der Waals surface area contributed by atoms with Crippen LogP contribution in [0.1, 0.15) is 35.0 Å². The van der Waals surface area contributed by atoms with Crippen LogP contribution in [0.25, 0.3) is 10.1 Å². The maximum atomic E-state index is 13.1. The third-order valence-corrected chi connectivity index (χ3v) is 3.63. The number of hydrogen-bond acceptors (Lipinski definition) is 2. The van der Waals surface area contributed by atoms with Gasteiger partial charge in [-0.3, -0.25) is 0 Å². The van der Waals surface area contributed by atoms with Crippen LogP contribution in [0.15, 0.2) is 18.2 Å². The maximum Gasteiger partial charge on any atom is 0.346 e. The average molecular weight is 238 g/mol. The molecule has 0 aliphatic heterocycles. The zero-order chi connectivity index (χ0) is 11.9. The van der Waals surface area contributed by atoms with Crippen molar-refractivity contribution in [3.05, 3.63) is 34.5 Å². The monoisotopic (exact) mass is 238 g/mol. The predicted octanol–water partition coefficient (Wildman–Crippen LogP) is 3.86. The van der Waals surface area contributed by atoms with Crippen molar-refractivity contribution in [1.29, 1.82) is 0 Å². The fourth-order valence-corrected chi connectivity index (χ4v) is 3.00. The lowest BCUT2D eigenvalue weighted by Crippen LogP contribution is -1.99. The molecule has 0 radical (unpaired) electrons. The number of halogens is 1. The van der Waals surface area contributed by atoms with Crippen molar-refractivity contribution in [2.24, 2.45) is 0 Å². The molecule has 1 N–H and O–H groups in total. The van der Waals surface area contributed by atoms with Crippen molar-refractivity contribution in [2.75, 3.05) is 0 Å². The molecule has 16 heavy (non-hydrogen) atoms. The minimum absolute atomic E-state index is 0.0710. The summed E-state index contributed by atoms with van der Waals surface area (Å²) in [6.45, 7) is 3.83. The van der Waals surface area contributed by atoms with Crippen LogP contribution < -0.4 is 0 Å². The number of thiophene rings is 1. The van der Waals surface area contributed by atoms with Gasteiger partial charge >= 0.3 is 5.97 Å². The van der Waals surface area contributed by atoms with Crippen molar-refractivity contribution in [2.45, 2.75) is 19.8 Å². The highest BCUT2D eigenvalue weighted by atomic mass is 32.1. The van der Waals surface area contributed by atoms with Crippen LogP contribution in [0.5, 0.6) is 0 Å². The summed E-state index contributed by atoms with van der Waals surface area (Å²) in [7, 11) is 0. The van der Waals surface area contributed by atoms with Crippen LogP contribution >= 0.6 is 11.3 Å². The standard InChI is InChI=1S/C12H11FO2S/c1-6(2)10-8-5-7(13)3-4-9(8)16-11(10)12(14)15/h3-6H,1-2H3,(H,14,15). The fraction of sp³-hybridized carbons (Fsp3) is 0.250. The van der Waals surface area contributed by atoms with Gasteiger partial charge in [0.15, 0.2) is 0 Å². The van der Waals surface area contributed by atoms with E-state index in [0.717, 1.165) is 15.6 Å². The van der Waals surface area contributed by atoms with E-state index >= 15 is 0 Å². The van der Waals surface area contributed by atoms with Crippen molar-refractivity contribution < 1.29 is 14.3 Å². The minimum atomic E-state index is -0.940. The first-order valence-corrected chi connectivity index (χ1v) is 5.77. The number of hydrogen-bond donors (Lipinski definition) is 1. The lowest BCUT2D eigenvalue weighted by Gasteiger charge is -2.05. The van der Waals surface area contributed by atoms with Crippen LogP contribution in [0.3, 0.4) is 0 Å². The van der Waals surface area contributed by atoms with E-state index in [2.05, 4.69) is 0 Å². The normalized spacial score (nSPS) is 11.2. The smallest absolute Gasteiger partial charge is 0.346 e. The van der Waals surface area contributed by atoms with Gasteiger partial charge in [0.05, 0.1) is 0 Å². The molecule has 2 aromatic rings. The molecule has 84 valence electrons. The van der Waals surface area contributed by atoms with Gasteiger partial charge in [0, 0.05) is 4.70 Å². The molecule has 1 aromatic heterocycles. The van der Waals surface area contributed by atoms with E-state index in [1.807, 2.05) is 13.8 Å². The molecule has 0 aliphatic carbocycles. The molecular formula is C12H11FO2S. The van der Waals surface area contributed by atoms with Gasteiger partial charge in [-0.15, -0.1) is 11.3 Å². The van der Waals surface area contributed by atoms with Gasteiger partial charge in [-0.05, 0) is 35.1 Å². The third kappa shape index (κ3) is 1.69. The first kappa shape index (κ1) is 11.1. The maximum absolute atomic E-state index is 13.1. The summed E-state index contributed by atoms with van der Waals surface area (Å²) in [6.07, 6.45) is 0. The molecule has 0 saturated carbocycles. The Morgan fingerprint density at radius 3 is 2.69 bits per heavy atom. The number of rotatable bonds is 2. The zero-order valence-electron chi connectivity index (χ0n) is 8.95. The number of carboxylic acids is 1. The van der Waals surface area contributed by atoms with Gasteiger partial charge in [0.1, 0.15) is 10.7 Å². The van der Waals surface area contributed by atoms with E-state index in [-0.39, 0.29) is 11.7 Å². The Morgan fingerprint density at radius 2 is 2.12 bits per heavy atom. The Morgan fingerprint density at radius 1 is 1.44 bits per heavy atom. The summed E-state index contributed by atoms with van der Waals surface area (Å²) >= 11 is 1.20. The Hall–Kier alpha value is -1.42.